The molecule has 0 saturated carbocycles. The van der Waals surface area contributed by atoms with Crippen LogP contribution in [0.25, 0.3) is 6.08 Å². The Labute approximate surface area is 178 Å². The first-order valence-electron chi connectivity index (χ1n) is 10.4. The average Bonchev–Trinajstić information content (AvgIpc) is 2.82. The summed E-state index contributed by atoms with van der Waals surface area (Å²) in [6.07, 6.45) is 6.67. The summed E-state index contributed by atoms with van der Waals surface area (Å²) in [5.74, 6) is 0. The van der Waals surface area contributed by atoms with E-state index in [0.29, 0.717) is 0 Å². The lowest BCUT2D eigenvalue weighted by Gasteiger charge is -2.29. The zero-order chi connectivity index (χ0) is 20.2. The largest absolute Gasteiger partial charge is 0.356 e. The Bertz CT molecular complexity index is 1150. The fraction of sp³-hybridized carbons (Fsp3) is 0.0714. The van der Waals surface area contributed by atoms with Crippen molar-refractivity contribution in [2.45, 2.75) is 12.8 Å². The average molecular weight is 389 g/mol. The molecule has 2 nitrogen and oxygen atoms in total. The Morgan fingerprint density at radius 2 is 1.27 bits per heavy atom. The highest BCUT2D eigenvalue weighted by molar-refractivity contribution is 5.82. The molecule has 4 aromatic carbocycles. The maximum atomic E-state index is 3.47. The number of rotatable bonds is 5. The molecule has 5 rings (SSSR count). The molecular formula is C28H24N2. The first kappa shape index (κ1) is 18.3. The summed E-state index contributed by atoms with van der Waals surface area (Å²) in [6, 6.07) is 36.2. The standard InChI is InChI=1S/C28H24N2/c1-3-12-23(13-4-1)29-24-18-20-26(21-19-24)30(25-14-5-2-6-15-25)28-17-9-11-22-10-7-8-16-27(22)28/h1-7,9-15,17-21,29H,8,16H2. The number of fused-ring (bicyclic) bond motifs is 1. The van der Waals surface area contributed by atoms with Gasteiger partial charge < -0.3 is 10.2 Å². The summed E-state index contributed by atoms with van der Waals surface area (Å²) < 4.78 is 0. The van der Waals surface area contributed by atoms with Crippen LogP contribution in [0.2, 0.25) is 0 Å². The summed E-state index contributed by atoms with van der Waals surface area (Å²) in [4.78, 5) is 2.37. The van der Waals surface area contributed by atoms with Gasteiger partial charge >= 0.3 is 0 Å². The SMILES string of the molecule is C1=Cc2cccc(N(c3ccccc3)c3ccc(Nc4ccccc4)cc3)c2CC1. The molecule has 0 fully saturated rings. The summed E-state index contributed by atoms with van der Waals surface area (Å²) in [6.45, 7) is 0. The van der Waals surface area contributed by atoms with E-state index in [1.807, 2.05) is 18.2 Å². The van der Waals surface area contributed by atoms with Crippen LogP contribution < -0.4 is 10.2 Å². The van der Waals surface area contributed by atoms with Gasteiger partial charge in [0.25, 0.3) is 0 Å². The van der Waals surface area contributed by atoms with Crippen LogP contribution in [-0.4, -0.2) is 0 Å². The van der Waals surface area contributed by atoms with Gasteiger partial charge in [0, 0.05) is 28.4 Å². The van der Waals surface area contributed by atoms with Crippen molar-refractivity contribution in [3.05, 3.63) is 120 Å². The lowest BCUT2D eigenvalue weighted by molar-refractivity contribution is 0.979. The molecule has 0 aliphatic heterocycles. The van der Waals surface area contributed by atoms with E-state index in [9.17, 15) is 0 Å². The molecule has 1 aliphatic carbocycles. The second-order valence-corrected chi connectivity index (χ2v) is 7.49. The van der Waals surface area contributed by atoms with Gasteiger partial charge in [-0.1, -0.05) is 60.7 Å². The second-order valence-electron chi connectivity index (χ2n) is 7.49. The highest BCUT2D eigenvalue weighted by Crippen LogP contribution is 2.39. The predicted octanol–water partition coefficient (Wildman–Crippen LogP) is 7.86. The molecular weight excluding hydrogens is 364 g/mol. The lowest BCUT2D eigenvalue weighted by Crippen LogP contribution is -2.13. The molecule has 0 aromatic heterocycles. The first-order chi connectivity index (χ1) is 14.9. The molecule has 0 unspecified atom stereocenters. The summed E-state index contributed by atoms with van der Waals surface area (Å²) in [5.41, 5.74) is 8.49. The number of anilines is 5. The number of benzene rings is 4. The van der Waals surface area contributed by atoms with Crippen molar-refractivity contribution >= 4 is 34.5 Å². The highest BCUT2D eigenvalue weighted by atomic mass is 15.1. The summed E-state index contributed by atoms with van der Waals surface area (Å²) in [7, 11) is 0. The number of hydrogen-bond acceptors (Lipinski definition) is 2. The molecule has 0 atom stereocenters. The van der Waals surface area contributed by atoms with E-state index in [0.717, 1.165) is 29.9 Å². The lowest BCUT2D eigenvalue weighted by atomic mass is 9.94. The van der Waals surface area contributed by atoms with Gasteiger partial charge in [-0.15, -0.1) is 0 Å². The number of para-hydroxylation sites is 2. The van der Waals surface area contributed by atoms with Crippen molar-refractivity contribution in [2.75, 3.05) is 10.2 Å². The van der Waals surface area contributed by atoms with Crippen LogP contribution in [0, 0.1) is 0 Å². The van der Waals surface area contributed by atoms with E-state index in [1.165, 1.54) is 22.5 Å². The van der Waals surface area contributed by atoms with E-state index in [2.05, 4.69) is 107 Å². The van der Waals surface area contributed by atoms with E-state index in [-0.39, 0.29) is 0 Å². The van der Waals surface area contributed by atoms with Crippen LogP contribution in [0.1, 0.15) is 17.5 Å². The molecule has 0 radical (unpaired) electrons. The van der Waals surface area contributed by atoms with Crippen LogP contribution in [0.15, 0.2) is 109 Å². The number of allylic oxidation sites excluding steroid dienone is 1. The molecule has 0 heterocycles. The van der Waals surface area contributed by atoms with Gasteiger partial charge in [0.05, 0.1) is 0 Å². The fourth-order valence-electron chi connectivity index (χ4n) is 4.05. The van der Waals surface area contributed by atoms with Crippen LogP contribution in [0.5, 0.6) is 0 Å². The minimum absolute atomic E-state index is 1.07. The predicted molar refractivity (Wildman–Crippen MR) is 128 cm³/mol. The van der Waals surface area contributed by atoms with Gasteiger partial charge in [-0.2, -0.15) is 0 Å². The van der Waals surface area contributed by atoms with E-state index < -0.39 is 0 Å². The van der Waals surface area contributed by atoms with Gasteiger partial charge in [-0.3, -0.25) is 0 Å². The molecule has 1 N–H and O–H groups in total. The summed E-state index contributed by atoms with van der Waals surface area (Å²) in [5, 5.41) is 3.47. The van der Waals surface area contributed by atoms with E-state index in [4.69, 9.17) is 0 Å². The van der Waals surface area contributed by atoms with Gasteiger partial charge in [0.2, 0.25) is 0 Å². The Hall–Kier alpha value is -3.78. The van der Waals surface area contributed by atoms with E-state index >= 15 is 0 Å². The number of nitrogens with one attached hydrogen (secondary N) is 1. The molecule has 0 spiro atoms. The maximum Gasteiger partial charge on any atom is 0.0499 e. The molecule has 2 heteroatoms. The molecule has 0 bridgehead atoms. The topological polar surface area (TPSA) is 15.3 Å². The normalized spacial score (nSPS) is 12.3. The van der Waals surface area contributed by atoms with Crippen molar-refractivity contribution in [1.29, 1.82) is 0 Å². The van der Waals surface area contributed by atoms with Gasteiger partial charge in [0.15, 0.2) is 0 Å². The van der Waals surface area contributed by atoms with Gasteiger partial charge in [-0.25, -0.2) is 0 Å². The minimum Gasteiger partial charge on any atom is -0.356 e. The molecule has 0 amide bonds. The van der Waals surface area contributed by atoms with Crippen LogP contribution in [0.4, 0.5) is 28.4 Å². The smallest absolute Gasteiger partial charge is 0.0499 e. The Balaban J connectivity index is 1.55. The van der Waals surface area contributed by atoms with Crippen molar-refractivity contribution in [2.24, 2.45) is 0 Å². The Kier molecular flexibility index (Phi) is 5.05. The van der Waals surface area contributed by atoms with Crippen LogP contribution in [0.3, 0.4) is 0 Å². The monoisotopic (exact) mass is 388 g/mol. The zero-order valence-corrected chi connectivity index (χ0v) is 16.8. The first-order valence-corrected chi connectivity index (χ1v) is 10.4. The quantitative estimate of drug-likeness (QED) is 0.374. The van der Waals surface area contributed by atoms with Crippen LogP contribution >= 0.6 is 0 Å². The van der Waals surface area contributed by atoms with Crippen molar-refractivity contribution in [3.63, 3.8) is 0 Å². The minimum atomic E-state index is 1.07. The third-order valence-electron chi connectivity index (χ3n) is 5.49. The van der Waals surface area contributed by atoms with Crippen molar-refractivity contribution < 1.29 is 0 Å². The number of nitrogens with zero attached hydrogens (tertiary/aromatic N) is 1. The highest BCUT2D eigenvalue weighted by Gasteiger charge is 2.18. The fourth-order valence-corrected chi connectivity index (χ4v) is 4.05. The third kappa shape index (κ3) is 3.72. The molecule has 0 saturated heterocycles. The Morgan fingerprint density at radius 1 is 0.600 bits per heavy atom. The molecule has 4 aromatic rings. The third-order valence-corrected chi connectivity index (χ3v) is 5.49. The molecule has 146 valence electrons. The number of hydrogen-bond donors (Lipinski definition) is 1. The van der Waals surface area contributed by atoms with Gasteiger partial charge in [0.1, 0.15) is 0 Å². The van der Waals surface area contributed by atoms with Gasteiger partial charge in [-0.05, 0) is 78.6 Å². The van der Waals surface area contributed by atoms with Crippen LogP contribution in [-0.2, 0) is 6.42 Å². The second kappa shape index (κ2) is 8.30. The Morgan fingerprint density at radius 3 is 2.03 bits per heavy atom. The summed E-state index contributed by atoms with van der Waals surface area (Å²) >= 11 is 0. The molecule has 30 heavy (non-hydrogen) atoms. The van der Waals surface area contributed by atoms with E-state index in [1.54, 1.807) is 0 Å². The van der Waals surface area contributed by atoms with Crippen molar-refractivity contribution in [1.82, 2.24) is 0 Å². The zero-order valence-electron chi connectivity index (χ0n) is 16.8. The maximum absolute atomic E-state index is 3.47. The molecule has 1 aliphatic rings. The van der Waals surface area contributed by atoms with Crippen molar-refractivity contribution in [3.8, 4) is 0 Å².